The molecule has 9 nitrogen and oxygen atoms in total. The molecule has 0 saturated carbocycles. The molecule has 192 valence electrons. The standard InChI is InChI=1S/C26H32ClN5O4/c1-25(2)15-32(13-22(33)31-8-5-26(3,35)6-9-31)21(14-36-25)24(34)30-19-11-16(27)10-18-17-4-7-28-12-20(17)29-23(18)19/h4,7,10-12,21,29,35H,5-6,8-9,13-15H2,1-3H3,(H,30,34). The molecule has 2 aliphatic heterocycles. The largest absolute Gasteiger partial charge is 0.390 e. The van der Waals surface area contributed by atoms with Crippen molar-refractivity contribution in [3.8, 4) is 0 Å². The minimum Gasteiger partial charge on any atom is -0.390 e. The summed E-state index contributed by atoms with van der Waals surface area (Å²) in [6, 6.07) is 4.83. The van der Waals surface area contributed by atoms with Crippen LogP contribution in [0.2, 0.25) is 5.02 Å². The number of amides is 2. The summed E-state index contributed by atoms with van der Waals surface area (Å²) in [6.07, 6.45) is 4.54. The summed E-state index contributed by atoms with van der Waals surface area (Å²) in [5.41, 5.74) is 0.946. The van der Waals surface area contributed by atoms with E-state index in [1.807, 2.05) is 30.9 Å². The fourth-order valence-electron chi connectivity index (χ4n) is 5.11. The van der Waals surface area contributed by atoms with Crippen LogP contribution in [0.1, 0.15) is 33.6 Å². The summed E-state index contributed by atoms with van der Waals surface area (Å²) in [7, 11) is 0. The SMILES string of the molecule is CC1(O)CCN(C(=O)CN2CC(C)(C)OCC2C(=O)Nc2cc(Cl)cc3c2[nH]c2cnccc23)CC1. The fraction of sp³-hybridized carbons (Fsp3) is 0.500. The number of carbonyl (C=O) groups excluding carboxylic acids is 2. The Hall–Kier alpha value is -2.72. The Kier molecular flexibility index (Phi) is 6.45. The highest BCUT2D eigenvalue weighted by Gasteiger charge is 2.40. The minimum atomic E-state index is -0.735. The van der Waals surface area contributed by atoms with E-state index in [-0.39, 0.29) is 25.0 Å². The van der Waals surface area contributed by atoms with Crippen LogP contribution in [0.25, 0.3) is 21.8 Å². The summed E-state index contributed by atoms with van der Waals surface area (Å²) in [6.45, 7) is 7.43. The number of nitrogens with zero attached hydrogens (tertiary/aromatic N) is 3. The molecule has 5 rings (SSSR count). The number of nitrogens with one attached hydrogen (secondary N) is 2. The van der Waals surface area contributed by atoms with E-state index in [1.165, 1.54) is 0 Å². The van der Waals surface area contributed by atoms with Gasteiger partial charge in [0.05, 0.1) is 47.3 Å². The van der Waals surface area contributed by atoms with Crippen LogP contribution in [0.3, 0.4) is 0 Å². The van der Waals surface area contributed by atoms with Crippen LogP contribution in [0.4, 0.5) is 5.69 Å². The molecule has 2 aliphatic rings. The van der Waals surface area contributed by atoms with Crippen LogP contribution in [-0.2, 0) is 14.3 Å². The summed E-state index contributed by atoms with van der Waals surface area (Å²) in [4.78, 5) is 37.8. The van der Waals surface area contributed by atoms with Crippen molar-refractivity contribution in [2.45, 2.75) is 50.9 Å². The lowest BCUT2D eigenvalue weighted by atomic mass is 9.94. The number of rotatable bonds is 4. The number of aliphatic hydroxyl groups is 1. The first-order valence-corrected chi connectivity index (χ1v) is 12.6. The van der Waals surface area contributed by atoms with Gasteiger partial charge in [0.25, 0.3) is 0 Å². The van der Waals surface area contributed by atoms with Gasteiger partial charge in [-0.15, -0.1) is 0 Å². The summed E-state index contributed by atoms with van der Waals surface area (Å²) < 4.78 is 5.98. The highest BCUT2D eigenvalue weighted by Crippen LogP contribution is 2.33. The molecule has 10 heteroatoms. The number of hydrogen-bond donors (Lipinski definition) is 3. The van der Waals surface area contributed by atoms with Crippen molar-refractivity contribution in [3.63, 3.8) is 0 Å². The summed E-state index contributed by atoms with van der Waals surface area (Å²) >= 11 is 6.41. The van der Waals surface area contributed by atoms with E-state index in [0.29, 0.717) is 43.2 Å². The molecule has 1 unspecified atom stereocenters. The monoisotopic (exact) mass is 513 g/mol. The second-order valence-electron chi connectivity index (χ2n) is 10.8. The normalized spacial score (nSPS) is 22.1. The van der Waals surface area contributed by atoms with E-state index in [2.05, 4.69) is 15.3 Å². The van der Waals surface area contributed by atoms with Gasteiger partial charge in [0, 0.05) is 41.6 Å². The third kappa shape index (κ3) is 5.06. The number of H-pyrrole nitrogens is 1. The molecule has 2 saturated heterocycles. The third-order valence-electron chi connectivity index (χ3n) is 7.22. The lowest BCUT2D eigenvalue weighted by Gasteiger charge is -2.43. The molecule has 0 aliphatic carbocycles. The van der Waals surface area contributed by atoms with Gasteiger partial charge in [-0.2, -0.15) is 0 Å². The van der Waals surface area contributed by atoms with Crippen molar-refractivity contribution in [1.29, 1.82) is 0 Å². The molecule has 1 aromatic carbocycles. The van der Waals surface area contributed by atoms with Crippen LogP contribution >= 0.6 is 11.6 Å². The Balaban J connectivity index is 1.37. The molecule has 1 atom stereocenters. The Morgan fingerprint density at radius 2 is 2.00 bits per heavy atom. The van der Waals surface area contributed by atoms with Gasteiger partial charge >= 0.3 is 0 Å². The number of carbonyl (C=O) groups is 2. The smallest absolute Gasteiger partial charge is 0.244 e. The maximum Gasteiger partial charge on any atom is 0.244 e. The number of halogens is 1. The lowest BCUT2D eigenvalue weighted by molar-refractivity contribution is -0.151. The predicted octanol–water partition coefficient (Wildman–Crippen LogP) is 3.16. The number of aromatic nitrogens is 2. The van der Waals surface area contributed by atoms with Gasteiger partial charge < -0.3 is 25.0 Å². The van der Waals surface area contributed by atoms with Gasteiger partial charge in [0.1, 0.15) is 6.04 Å². The van der Waals surface area contributed by atoms with Crippen LogP contribution < -0.4 is 5.32 Å². The van der Waals surface area contributed by atoms with Crippen LogP contribution in [0.5, 0.6) is 0 Å². The van der Waals surface area contributed by atoms with Crippen LogP contribution in [0, 0.1) is 0 Å². The number of ether oxygens (including phenoxy) is 1. The van der Waals surface area contributed by atoms with Gasteiger partial charge in [-0.05, 0) is 51.8 Å². The van der Waals surface area contributed by atoms with Crippen LogP contribution in [-0.4, -0.2) is 86.7 Å². The zero-order chi connectivity index (χ0) is 25.7. The van der Waals surface area contributed by atoms with Gasteiger partial charge in [0.15, 0.2) is 0 Å². The van der Waals surface area contributed by atoms with E-state index in [0.717, 1.165) is 21.8 Å². The summed E-state index contributed by atoms with van der Waals surface area (Å²) in [5, 5.41) is 15.6. The first-order chi connectivity index (χ1) is 17.0. The van der Waals surface area contributed by atoms with Gasteiger partial charge in [-0.25, -0.2) is 0 Å². The molecule has 2 fully saturated rings. The fourth-order valence-corrected chi connectivity index (χ4v) is 5.32. The zero-order valence-electron chi connectivity index (χ0n) is 20.8. The van der Waals surface area contributed by atoms with E-state index in [1.54, 1.807) is 30.3 Å². The van der Waals surface area contributed by atoms with Crippen molar-refractivity contribution in [3.05, 3.63) is 35.6 Å². The van der Waals surface area contributed by atoms with Gasteiger partial charge in [-0.1, -0.05) is 11.6 Å². The Morgan fingerprint density at radius 3 is 2.75 bits per heavy atom. The number of pyridine rings is 1. The Bertz CT molecular complexity index is 1310. The molecule has 0 bridgehead atoms. The number of likely N-dealkylation sites (tertiary alicyclic amines) is 1. The molecule has 2 amide bonds. The second-order valence-corrected chi connectivity index (χ2v) is 11.2. The first-order valence-electron chi connectivity index (χ1n) is 12.3. The third-order valence-corrected chi connectivity index (χ3v) is 7.44. The predicted molar refractivity (Wildman–Crippen MR) is 139 cm³/mol. The number of aromatic amines is 1. The molecule has 3 N–H and O–H groups in total. The molecule has 3 aromatic rings. The summed E-state index contributed by atoms with van der Waals surface area (Å²) in [5.74, 6) is -0.311. The first kappa shape index (κ1) is 25.0. The van der Waals surface area contributed by atoms with Gasteiger partial charge in [0.2, 0.25) is 11.8 Å². The molecule has 2 aromatic heterocycles. The number of anilines is 1. The molecule has 36 heavy (non-hydrogen) atoms. The van der Waals surface area contributed by atoms with Crippen LogP contribution in [0.15, 0.2) is 30.6 Å². The van der Waals surface area contributed by atoms with Crippen molar-refractivity contribution < 1.29 is 19.4 Å². The number of hydrogen-bond acceptors (Lipinski definition) is 6. The maximum absolute atomic E-state index is 13.5. The van der Waals surface area contributed by atoms with E-state index < -0.39 is 17.2 Å². The maximum atomic E-state index is 13.5. The van der Waals surface area contributed by atoms with E-state index in [9.17, 15) is 14.7 Å². The molecule has 0 spiro atoms. The van der Waals surface area contributed by atoms with Crippen molar-refractivity contribution in [2.75, 3.05) is 38.1 Å². The average molecular weight is 514 g/mol. The second kappa shape index (κ2) is 9.30. The average Bonchev–Trinajstić information content (AvgIpc) is 3.17. The van der Waals surface area contributed by atoms with Crippen molar-refractivity contribution in [2.24, 2.45) is 0 Å². The van der Waals surface area contributed by atoms with Gasteiger partial charge in [-0.3, -0.25) is 19.5 Å². The minimum absolute atomic E-state index is 0.0470. The highest BCUT2D eigenvalue weighted by molar-refractivity contribution is 6.33. The number of benzene rings is 1. The molecular formula is C26H32ClN5O4. The Labute approximate surface area is 214 Å². The molecule has 0 radical (unpaired) electrons. The number of piperidine rings is 1. The molecule has 4 heterocycles. The zero-order valence-corrected chi connectivity index (χ0v) is 21.6. The van der Waals surface area contributed by atoms with E-state index in [4.69, 9.17) is 16.3 Å². The van der Waals surface area contributed by atoms with E-state index >= 15 is 0 Å². The topological polar surface area (TPSA) is 111 Å². The van der Waals surface area contributed by atoms with Crippen molar-refractivity contribution >= 4 is 50.9 Å². The highest BCUT2D eigenvalue weighted by atomic mass is 35.5. The number of morpholine rings is 1. The molecular weight excluding hydrogens is 482 g/mol. The van der Waals surface area contributed by atoms with Crippen molar-refractivity contribution in [1.82, 2.24) is 19.8 Å². The quantitative estimate of drug-likeness (QED) is 0.494. The lowest BCUT2D eigenvalue weighted by Crippen LogP contribution is -2.60. The number of fused-ring (bicyclic) bond motifs is 3. The Morgan fingerprint density at radius 1 is 1.25 bits per heavy atom.